The molecule has 0 fully saturated rings. The van der Waals surface area contributed by atoms with Crippen LogP contribution in [0.3, 0.4) is 0 Å². The molecule has 0 aromatic heterocycles. The van der Waals surface area contributed by atoms with Crippen molar-refractivity contribution in [3.05, 3.63) is 35.4 Å². The molecule has 1 aromatic carbocycles. The first-order valence-corrected chi connectivity index (χ1v) is 3.46. The number of aryl methyl sites for hydroxylation is 1. The summed E-state index contributed by atoms with van der Waals surface area (Å²) in [6.45, 7) is 1.98. The van der Waals surface area contributed by atoms with E-state index in [9.17, 15) is 4.79 Å². The van der Waals surface area contributed by atoms with Crippen molar-refractivity contribution in [2.75, 3.05) is 0 Å². The summed E-state index contributed by atoms with van der Waals surface area (Å²) in [6, 6.07) is 7.50. The third kappa shape index (κ3) is 3.90. The van der Waals surface area contributed by atoms with Crippen molar-refractivity contribution >= 4 is 35.5 Å². The number of rotatable bonds is 2. The summed E-state index contributed by atoms with van der Waals surface area (Å²) in [5.41, 5.74) is 2.00. The number of carboxylic acids is 1. The summed E-state index contributed by atoms with van der Waals surface area (Å²) in [5.74, 6) is -0.783. The maximum atomic E-state index is 10.3. The second-order valence-corrected chi connectivity index (χ2v) is 2.56. The molecular weight excluding hydrogens is 163 g/mol. The van der Waals surface area contributed by atoms with E-state index in [-0.39, 0.29) is 36.0 Å². The van der Waals surface area contributed by atoms with Gasteiger partial charge in [-0.3, -0.25) is 4.79 Å². The number of hydrogen-bond acceptors (Lipinski definition) is 1. The zero-order valence-corrected chi connectivity index (χ0v) is 6.37. The molecule has 0 spiro atoms. The molecule has 2 nitrogen and oxygen atoms in total. The molecule has 1 rings (SSSR count). The Kier molecular flexibility index (Phi) is 5.22. The van der Waals surface area contributed by atoms with Crippen LogP contribution in [0.4, 0.5) is 0 Å². The van der Waals surface area contributed by atoms with Gasteiger partial charge >= 0.3 is 35.5 Å². The van der Waals surface area contributed by atoms with Crippen molar-refractivity contribution in [3.8, 4) is 0 Å². The van der Waals surface area contributed by atoms with Crippen LogP contribution in [0.15, 0.2) is 24.3 Å². The summed E-state index contributed by atoms with van der Waals surface area (Å²) in [6.07, 6.45) is 0.111. The van der Waals surface area contributed by atoms with Gasteiger partial charge in [-0.05, 0) is 12.5 Å². The first-order chi connectivity index (χ1) is 5.18. The molecule has 0 radical (unpaired) electrons. The monoisotopic (exact) mass is 174 g/mol. The summed E-state index contributed by atoms with van der Waals surface area (Å²) >= 11 is 0. The van der Waals surface area contributed by atoms with Crippen molar-refractivity contribution in [2.24, 2.45) is 0 Å². The molecule has 3 heteroatoms. The summed E-state index contributed by atoms with van der Waals surface area (Å²) in [7, 11) is 0. The van der Waals surface area contributed by atoms with E-state index in [0.717, 1.165) is 11.1 Å². The molecular formula is C9H11NaO2. The molecule has 0 bridgehead atoms. The predicted octanol–water partition coefficient (Wildman–Crippen LogP) is 0.974. The fourth-order valence-corrected chi connectivity index (χ4v) is 0.881. The van der Waals surface area contributed by atoms with Crippen LogP contribution >= 0.6 is 0 Å². The van der Waals surface area contributed by atoms with Crippen molar-refractivity contribution in [2.45, 2.75) is 13.3 Å². The maximum absolute atomic E-state index is 10.3. The Morgan fingerprint density at radius 3 is 2.25 bits per heavy atom. The van der Waals surface area contributed by atoms with E-state index in [1.165, 1.54) is 0 Å². The second kappa shape index (κ2) is 5.36. The van der Waals surface area contributed by atoms with Crippen LogP contribution in [0.5, 0.6) is 0 Å². The Bertz CT molecular complexity index is 254. The van der Waals surface area contributed by atoms with Crippen LogP contribution < -0.4 is 0 Å². The van der Waals surface area contributed by atoms with Crippen LogP contribution in [-0.4, -0.2) is 40.6 Å². The zero-order valence-electron chi connectivity index (χ0n) is 6.37. The van der Waals surface area contributed by atoms with Gasteiger partial charge in [0.25, 0.3) is 0 Å². The van der Waals surface area contributed by atoms with E-state index < -0.39 is 5.97 Å². The molecule has 1 N–H and O–H groups in total. The minimum atomic E-state index is -0.783. The molecule has 0 aliphatic carbocycles. The van der Waals surface area contributed by atoms with Gasteiger partial charge in [-0.15, -0.1) is 0 Å². The van der Waals surface area contributed by atoms with Crippen molar-refractivity contribution in [1.29, 1.82) is 0 Å². The van der Waals surface area contributed by atoms with Crippen molar-refractivity contribution < 1.29 is 9.90 Å². The SMILES string of the molecule is Cc1ccc(CC(=O)O)cc1.[NaH]. The van der Waals surface area contributed by atoms with Gasteiger partial charge in [0, 0.05) is 0 Å². The number of carboxylic acid groups (broad SMARTS) is 1. The molecule has 0 saturated heterocycles. The zero-order chi connectivity index (χ0) is 8.27. The van der Waals surface area contributed by atoms with E-state index in [2.05, 4.69) is 0 Å². The first-order valence-electron chi connectivity index (χ1n) is 3.46. The van der Waals surface area contributed by atoms with E-state index in [1.807, 2.05) is 31.2 Å². The average molecular weight is 174 g/mol. The number of hydrogen-bond donors (Lipinski definition) is 1. The predicted molar refractivity (Wildman–Crippen MR) is 49.7 cm³/mol. The van der Waals surface area contributed by atoms with Crippen LogP contribution in [0.25, 0.3) is 0 Å². The Balaban J connectivity index is 0.00000121. The number of carbonyl (C=O) groups is 1. The molecule has 12 heavy (non-hydrogen) atoms. The molecule has 0 heterocycles. The molecule has 1 aromatic rings. The fourth-order valence-electron chi connectivity index (χ4n) is 0.881. The summed E-state index contributed by atoms with van der Waals surface area (Å²) < 4.78 is 0. The number of aliphatic carboxylic acids is 1. The van der Waals surface area contributed by atoms with Gasteiger partial charge in [0.15, 0.2) is 0 Å². The first kappa shape index (κ1) is 11.7. The summed E-state index contributed by atoms with van der Waals surface area (Å²) in [4.78, 5) is 10.3. The molecule has 0 aliphatic heterocycles. The quantitative estimate of drug-likeness (QED) is 0.678. The molecule has 0 saturated carbocycles. The minimum absolute atomic E-state index is 0. The van der Waals surface area contributed by atoms with E-state index in [1.54, 1.807) is 0 Å². The molecule has 0 aliphatic rings. The topological polar surface area (TPSA) is 37.3 Å². The third-order valence-corrected chi connectivity index (χ3v) is 1.48. The van der Waals surface area contributed by atoms with E-state index >= 15 is 0 Å². The molecule has 0 atom stereocenters. The van der Waals surface area contributed by atoms with Crippen LogP contribution in [0, 0.1) is 6.92 Å². The van der Waals surface area contributed by atoms with E-state index in [4.69, 9.17) is 5.11 Å². The molecule has 0 amide bonds. The van der Waals surface area contributed by atoms with Gasteiger partial charge in [-0.25, -0.2) is 0 Å². The Labute approximate surface area is 93.9 Å². The summed E-state index contributed by atoms with van der Waals surface area (Å²) in [5, 5.41) is 8.44. The third-order valence-electron chi connectivity index (χ3n) is 1.48. The van der Waals surface area contributed by atoms with Gasteiger partial charge in [0.05, 0.1) is 6.42 Å². The van der Waals surface area contributed by atoms with Gasteiger partial charge in [0.2, 0.25) is 0 Å². The van der Waals surface area contributed by atoms with Crippen LogP contribution in [0.2, 0.25) is 0 Å². The standard InChI is InChI=1S/C9H10O2.Na.H/c1-7-2-4-8(5-3-7)6-9(10)11;;/h2-5H,6H2,1H3,(H,10,11);;. The second-order valence-electron chi connectivity index (χ2n) is 2.56. The average Bonchev–Trinajstić information content (AvgIpc) is 1.93. The Hall–Kier alpha value is -0.310. The fraction of sp³-hybridized carbons (Fsp3) is 0.222. The van der Waals surface area contributed by atoms with Gasteiger partial charge in [-0.1, -0.05) is 29.8 Å². The number of benzene rings is 1. The van der Waals surface area contributed by atoms with E-state index in [0.29, 0.717) is 0 Å². The molecule has 60 valence electrons. The van der Waals surface area contributed by atoms with Gasteiger partial charge < -0.3 is 5.11 Å². The van der Waals surface area contributed by atoms with Crippen molar-refractivity contribution in [1.82, 2.24) is 0 Å². The van der Waals surface area contributed by atoms with Crippen LogP contribution in [0.1, 0.15) is 11.1 Å². The normalized spacial score (nSPS) is 8.75. The Morgan fingerprint density at radius 1 is 1.33 bits per heavy atom. The van der Waals surface area contributed by atoms with Gasteiger partial charge in [-0.2, -0.15) is 0 Å². The Morgan fingerprint density at radius 2 is 1.83 bits per heavy atom. The molecule has 0 unspecified atom stereocenters. The van der Waals surface area contributed by atoms with Crippen LogP contribution in [-0.2, 0) is 11.2 Å². The van der Waals surface area contributed by atoms with Gasteiger partial charge in [0.1, 0.15) is 0 Å². The van der Waals surface area contributed by atoms with Crippen molar-refractivity contribution in [3.63, 3.8) is 0 Å².